The van der Waals surface area contributed by atoms with E-state index in [1.54, 1.807) is 20.3 Å². The molecule has 0 aliphatic heterocycles. The molecule has 1 aromatic rings. The van der Waals surface area contributed by atoms with E-state index in [0.717, 1.165) is 31.8 Å². The van der Waals surface area contributed by atoms with E-state index < -0.39 is 0 Å². The van der Waals surface area contributed by atoms with Crippen LogP contribution in [0.5, 0.6) is 0 Å². The van der Waals surface area contributed by atoms with Crippen LogP contribution in [0.2, 0.25) is 0 Å². The Morgan fingerprint density at radius 2 is 2.05 bits per heavy atom. The van der Waals surface area contributed by atoms with E-state index in [9.17, 15) is 4.79 Å². The lowest BCUT2D eigenvalue weighted by atomic mass is 10.2. The molecule has 0 saturated carbocycles. The van der Waals surface area contributed by atoms with E-state index in [2.05, 4.69) is 15.3 Å². The number of hydrazine groups is 1. The van der Waals surface area contributed by atoms with E-state index in [0.29, 0.717) is 18.7 Å². The molecular formula is C14H24N4O3. The summed E-state index contributed by atoms with van der Waals surface area (Å²) in [7, 11) is 3.38. The molecule has 118 valence electrons. The van der Waals surface area contributed by atoms with Crippen LogP contribution in [0.15, 0.2) is 18.3 Å². The van der Waals surface area contributed by atoms with Gasteiger partial charge in [-0.3, -0.25) is 20.1 Å². The summed E-state index contributed by atoms with van der Waals surface area (Å²) in [6.07, 6.45) is 2.48. The Labute approximate surface area is 125 Å². The van der Waals surface area contributed by atoms with Crippen LogP contribution < -0.4 is 11.3 Å². The molecule has 1 heterocycles. The number of carbonyl (C=O) groups is 1. The lowest BCUT2D eigenvalue weighted by Crippen LogP contribution is -2.30. The SMILES string of the molecule is COCCCN(CCOC)Cc1ccc(C(=O)NN)cn1. The second-order valence-corrected chi connectivity index (χ2v) is 4.63. The Hall–Kier alpha value is -1.54. The maximum absolute atomic E-state index is 11.3. The smallest absolute Gasteiger partial charge is 0.266 e. The largest absolute Gasteiger partial charge is 0.385 e. The van der Waals surface area contributed by atoms with Gasteiger partial charge in [0.25, 0.3) is 5.91 Å². The second-order valence-electron chi connectivity index (χ2n) is 4.63. The fraction of sp³-hybridized carbons (Fsp3) is 0.571. The van der Waals surface area contributed by atoms with Crippen molar-refractivity contribution in [3.63, 3.8) is 0 Å². The van der Waals surface area contributed by atoms with Gasteiger partial charge in [-0.15, -0.1) is 0 Å². The zero-order valence-electron chi connectivity index (χ0n) is 12.7. The van der Waals surface area contributed by atoms with Gasteiger partial charge in [-0.25, -0.2) is 5.84 Å². The molecule has 0 radical (unpaired) electrons. The summed E-state index contributed by atoms with van der Waals surface area (Å²) in [5.74, 6) is 4.74. The van der Waals surface area contributed by atoms with Crippen LogP contribution in [0.3, 0.4) is 0 Å². The maximum Gasteiger partial charge on any atom is 0.266 e. The van der Waals surface area contributed by atoms with Crippen LogP contribution in [0, 0.1) is 0 Å². The molecule has 0 aliphatic carbocycles. The van der Waals surface area contributed by atoms with E-state index in [1.807, 2.05) is 6.07 Å². The number of ether oxygens (including phenoxy) is 2. The highest BCUT2D eigenvalue weighted by Crippen LogP contribution is 2.05. The summed E-state index contributed by atoms with van der Waals surface area (Å²) < 4.78 is 10.2. The number of nitrogens with zero attached hydrogens (tertiary/aromatic N) is 2. The number of amides is 1. The third kappa shape index (κ3) is 6.63. The molecule has 1 amide bonds. The van der Waals surface area contributed by atoms with Gasteiger partial charge in [-0.05, 0) is 18.6 Å². The summed E-state index contributed by atoms with van der Waals surface area (Å²) in [6, 6.07) is 3.55. The molecule has 0 saturated heterocycles. The summed E-state index contributed by atoms with van der Waals surface area (Å²) in [4.78, 5) is 17.9. The van der Waals surface area contributed by atoms with Crippen molar-refractivity contribution in [2.75, 3.05) is 40.5 Å². The zero-order valence-corrected chi connectivity index (χ0v) is 12.7. The number of hydrogen-bond acceptors (Lipinski definition) is 6. The fourth-order valence-corrected chi connectivity index (χ4v) is 1.89. The van der Waals surface area contributed by atoms with E-state index >= 15 is 0 Å². The number of nitrogens with two attached hydrogens (primary N) is 1. The Kier molecular flexibility index (Phi) is 8.53. The molecule has 0 aliphatic rings. The molecule has 0 fully saturated rings. The Balaban J connectivity index is 2.57. The molecule has 0 spiro atoms. The van der Waals surface area contributed by atoms with Gasteiger partial charge in [0.15, 0.2) is 0 Å². The first kappa shape index (κ1) is 17.5. The summed E-state index contributed by atoms with van der Waals surface area (Å²) >= 11 is 0. The predicted molar refractivity (Wildman–Crippen MR) is 79.5 cm³/mol. The first-order valence-electron chi connectivity index (χ1n) is 6.87. The number of nitrogens with one attached hydrogen (secondary N) is 1. The highest BCUT2D eigenvalue weighted by molar-refractivity contribution is 5.93. The maximum atomic E-state index is 11.3. The molecule has 1 rings (SSSR count). The van der Waals surface area contributed by atoms with Gasteiger partial charge in [-0.2, -0.15) is 0 Å². The van der Waals surface area contributed by atoms with Crippen molar-refractivity contribution in [3.05, 3.63) is 29.6 Å². The minimum Gasteiger partial charge on any atom is -0.385 e. The summed E-state index contributed by atoms with van der Waals surface area (Å²) in [5.41, 5.74) is 3.43. The van der Waals surface area contributed by atoms with Gasteiger partial charge in [0.1, 0.15) is 0 Å². The predicted octanol–water partition coefficient (Wildman–Crippen LogP) is 0.170. The fourth-order valence-electron chi connectivity index (χ4n) is 1.89. The van der Waals surface area contributed by atoms with E-state index in [-0.39, 0.29) is 5.91 Å². The van der Waals surface area contributed by atoms with Gasteiger partial charge in [0.2, 0.25) is 0 Å². The number of nitrogen functional groups attached to an aromatic ring is 1. The van der Waals surface area contributed by atoms with E-state index in [4.69, 9.17) is 15.3 Å². The molecule has 3 N–H and O–H groups in total. The van der Waals surface area contributed by atoms with Crippen molar-refractivity contribution < 1.29 is 14.3 Å². The minimum absolute atomic E-state index is 0.342. The number of methoxy groups -OCH3 is 2. The lowest BCUT2D eigenvalue weighted by Gasteiger charge is -2.21. The molecule has 21 heavy (non-hydrogen) atoms. The van der Waals surface area contributed by atoms with Crippen molar-refractivity contribution >= 4 is 5.91 Å². The van der Waals surface area contributed by atoms with Crippen LogP contribution in [-0.4, -0.2) is 56.3 Å². The number of hydrogen-bond donors (Lipinski definition) is 2. The third-order valence-corrected chi connectivity index (χ3v) is 3.04. The number of aromatic nitrogens is 1. The molecule has 0 atom stereocenters. The van der Waals surface area contributed by atoms with Gasteiger partial charge in [0.05, 0.1) is 17.9 Å². The van der Waals surface area contributed by atoms with Crippen LogP contribution in [0.4, 0.5) is 0 Å². The number of rotatable bonds is 10. The third-order valence-electron chi connectivity index (χ3n) is 3.04. The lowest BCUT2D eigenvalue weighted by molar-refractivity contribution is 0.0953. The average Bonchev–Trinajstić information content (AvgIpc) is 2.52. The molecule has 1 aromatic heterocycles. The Morgan fingerprint density at radius 3 is 2.62 bits per heavy atom. The van der Waals surface area contributed by atoms with Crippen LogP contribution in [0.25, 0.3) is 0 Å². The topological polar surface area (TPSA) is 89.7 Å². The normalized spacial score (nSPS) is 10.9. The Bertz CT molecular complexity index is 411. The number of pyridine rings is 1. The summed E-state index contributed by atoms with van der Waals surface area (Å²) in [5, 5.41) is 0. The van der Waals surface area contributed by atoms with Gasteiger partial charge in [-0.1, -0.05) is 0 Å². The monoisotopic (exact) mass is 296 g/mol. The van der Waals surface area contributed by atoms with Crippen molar-refractivity contribution in [2.24, 2.45) is 5.84 Å². The van der Waals surface area contributed by atoms with Crippen molar-refractivity contribution in [2.45, 2.75) is 13.0 Å². The first-order valence-corrected chi connectivity index (χ1v) is 6.87. The minimum atomic E-state index is -0.342. The second kappa shape index (κ2) is 10.2. The van der Waals surface area contributed by atoms with Crippen LogP contribution in [-0.2, 0) is 16.0 Å². The first-order chi connectivity index (χ1) is 10.2. The van der Waals surface area contributed by atoms with Crippen LogP contribution >= 0.6 is 0 Å². The summed E-state index contributed by atoms with van der Waals surface area (Å²) in [6.45, 7) is 3.83. The van der Waals surface area contributed by atoms with Crippen LogP contribution in [0.1, 0.15) is 22.5 Å². The highest BCUT2D eigenvalue weighted by Gasteiger charge is 2.08. The van der Waals surface area contributed by atoms with Crippen molar-refractivity contribution in [1.82, 2.24) is 15.3 Å². The highest BCUT2D eigenvalue weighted by atomic mass is 16.5. The standard InChI is InChI=1S/C14H24N4O3/c1-20-8-3-6-18(7-9-21-2)11-13-5-4-12(10-16-13)14(19)17-15/h4-5,10H,3,6-9,11,15H2,1-2H3,(H,17,19). The van der Waals surface area contributed by atoms with Crippen molar-refractivity contribution in [3.8, 4) is 0 Å². The zero-order chi connectivity index (χ0) is 15.5. The average molecular weight is 296 g/mol. The Morgan fingerprint density at radius 1 is 1.29 bits per heavy atom. The van der Waals surface area contributed by atoms with Gasteiger partial charge < -0.3 is 9.47 Å². The number of carbonyl (C=O) groups excluding carboxylic acids is 1. The molecule has 0 unspecified atom stereocenters. The molecule has 0 bridgehead atoms. The quantitative estimate of drug-likeness (QED) is 0.277. The van der Waals surface area contributed by atoms with Gasteiger partial charge >= 0.3 is 0 Å². The molecule has 0 aromatic carbocycles. The molecule has 7 nitrogen and oxygen atoms in total. The van der Waals surface area contributed by atoms with Gasteiger partial charge in [0, 0.05) is 46.7 Å². The van der Waals surface area contributed by atoms with Crippen molar-refractivity contribution in [1.29, 1.82) is 0 Å². The molecular weight excluding hydrogens is 272 g/mol. The van der Waals surface area contributed by atoms with E-state index in [1.165, 1.54) is 6.20 Å². The molecule has 7 heteroatoms.